The molecule has 2 aliphatic carbocycles. The molecule has 1 aliphatic heterocycles. The Morgan fingerprint density at radius 2 is 2.15 bits per heavy atom. The van der Waals surface area contributed by atoms with Crippen molar-refractivity contribution in [2.24, 2.45) is 5.92 Å². The molecule has 3 aliphatic rings. The molecule has 7 nitrogen and oxygen atoms in total. The summed E-state index contributed by atoms with van der Waals surface area (Å²) < 4.78 is 14.7. The van der Waals surface area contributed by atoms with Gasteiger partial charge in [0.1, 0.15) is 5.02 Å². The summed E-state index contributed by atoms with van der Waals surface area (Å²) in [7, 11) is 0. The summed E-state index contributed by atoms with van der Waals surface area (Å²) in [5.41, 5.74) is 2.64. The van der Waals surface area contributed by atoms with Crippen molar-refractivity contribution < 1.29 is 14.1 Å². The lowest BCUT2D eigenvalue weighted by Gasteiger charge is -2.37. The number of rotatable bonds is 7. The van der Waals surface area contributed by atoms with Crippen molar-refractivity contribution >= 4 is 57.6 Å². The van der Waals surface area contributed by atoms with E-state index < -0.39 is 5.41 Å². The molecule has 0 bridgehead atoms. The Hall–Kier alpha value is -2.45. The molecule has 0 atom stereocenters. The van der Waals surface area contributed by atoms with Gasteiger partial charge < -0.3 is 14.0 Å². The molecule has 1 N–H and O–H groups in total. The van der Waals surface area contributed by atoms with Crippen LogP contribution >= 0.6 is 23.5 Å². The molecule has 6 rings (SSSR count). The molecule has 2 aromatic heterocycles. The first kappa shape index (κ1) is 21.1. The van der Waals surface area contributed by atoms with E-state index in [4.69, 9.17) is 20.9 Å². The van der Waals surface area contributed by atoms with Crippen molar-refractivity contribution in [1.29, 1.82) is 0 Å². The van der Waals surface area contributed by atoms with Gasteiger partial charge in [0.25, 0.3) is 0 Å². The fraction of sp³-hybridized carbons (Fsp3) is 0.458. The average molecular weight is 485 g/mol. The van der Waals surface area contributed by atoms with Gasteiger partial charge >= 0.3 is 0 Å². The average Bonchev–Trinajstić information content (AvgIpc) is 3.44. The Kier molecular flexibility index (Phi) is 4.99. The smallest absolute Gasteiger partial charge is 0.242 e. The van der Waals surface area contributed by atoms with Crippen LogP contribution in [0.1, 0.15) is 51.5 Å². The van der Waals surface area contributed by atoms with Gasteiger partial charge in [-0.05, 0) is 61.2 Å². The minimum absolute atomic E-state index is 0.0694. The molecule has 0 saturated heterocycles. The van der Waals surface area contributed by atoms with Gasteiger partial charge in [-0.2, -0.15) is 0 Å². The summed E-state index contributed by atoms with van der Waals surface area (Å²) in [4.78, 5) is 19.9. The van der Waals surface area contributed by atoms with E-state index in [2.05, 4.69) is 34.8 Å². The number of nitrogens with zero attached hydrogens (tertiary/aromatic N) is 3. The second-order valence-electron chi connectivity index (χ2n) is 9.58. The number of hydrogen-bond donors (Lipinski definition) is 1. The molecule has 1 aromatic carbocycles. The van der Waals surface area contributed by atoms with Crippen molar-refractivity contribution in [2.45, 2.75) is 56.6 Å². The predicted molar refractivity (Wildman–Crippen MR) is 130 cm³/mol. The summed E-state index contributed by atoms with van der Waals surface area (Å²) in [5, 5.41) is 6.19. The number of ether oxygens (including phenoxy) is 1. The Morgan fingerprint density at radius 1 is 1.33 bits per heavy atom. The van der Waals surface area contributed by atoms with Crippen molar-refractivity contribution in [1.82, 2.24) is 10.1 Å². The van der Waals surface area contributed by atoms with Gasteiger partial charge in [-0.15, -0.1) is 0 Å². The molecule has 172 valence electrons. The van der Waals surface area contributed by atoms with E-state index >= 15 is 0 Å². The summed E-state index contributed by atoms with van der Waals surface area (Å²) in [6.07, 6.45) is 6.82. The molecule has 2 fully saturated rings. The van der Waals surface area contributed by atoms with Crippen molar-refractivity contribution in [2.75, 3.05) is 16.2 Å². The summed E-state index contributed by atoms with van der Waals surface area (Å²) >= 11 is 8.17. The molecule has 9 heteroatoms. The number of pyridine rings is 1. The number of hydrogen-bond acceptors (Lipinski definition) is 7. The van der Waals surface area contributed by atoms with Crippen LogP contribution in [0.3, 0.4) is 0 Å². The number of fused-ring (bicyclic) bond motifs is 3. The maximum atomic E-state index is 13.7. The van der Waals surface area contributed by atoms with Gasteiger partial charge in [-0.1, -0.05) is 37.0 Å². The number of benzene rings is 1. The van der Waals surface area contributed by atoms with Gasteiger partial charge in [-0.3, -0.25) is 9.69 Å². The van der Waals surface area contributed by atoms with E-state index in [9.17, 15) is 4.79 Å². The number of carbonyl (C=O) groups excluding carboxylic acids is 1. The second kappa shape index (κ2) is 7.81. The third-order valence-electron chi connectivity index (χ3n) is 6.62. The minimum Gasteiger partial charge on any atom is -0.476 e. The zero-order valence-electron chi connectivity index (χ0n) is 18.6. The second-order valence-corrected chi connectivity index (χ2v) is 11.1. The monoisotopic (exact) mass is 484 g/mol. The van der Waals surface area contributed by atoms with E-state index in [1.807, 2.05) is 6.07 Å². The molecular formula is C24H25ClN4O3S. The summed E-state index contributed by atoms with van der Waals surface area (Å²) in [6, 6.07) is 5.77. The molecule has 33 heavy (non-hydrogen) atoms. The quantitative estimate of drug-likeness (QED) is 0.398. The fourth-order valence-electron chi connectivity index (χ4n) is 4.54. The van der Waals surface area contributed by atoms with Crippen LogP contribution in [0.25, 0.3) is 11.0 Å². The highest BCUT2D eigenvalue weighted by Gasteiger charge is 2.55. The number of amides is 1. The maximum Gasteiger partial charge on any atom is 0.242 e. The highest BCUT2D eigenvalue weighted by atomic mass is 35.5. The number of nitrogens with one attached hydrogen (secondary N) is 1. The number of anilines is 3. The van der Waals surface area contributed by atoms with Crippen molar-refractivity contribution in [3.63, 3.8) is 0 Å². The first-order valence-electron chi connectivity index (χ1n) is 11.4. The molecular weight excluding hydrogens is 460 g/mol. The largest absolute Gasteiger partial charge is 0.476 e. The molecule has 3 heterocycles. The first-order valence-corrected chi connectivity index (χ1v) is 12.7. The Morgan fingerprint density at radius 3 is 2.82 bits per heavy atom. The Bertz CT molecular complexity index is 1250. The van der Waals surface area contributed by atoms with Crippen LogP contribution in [-0.2, 0) is 10.2 Å². The van der Waals surface area contributed by atoms with Crippen molar-refractivity contribution in [3.05, 3.63) is 35.0 Å². The molecule has 1 amide bonds. The van der Waals surface area contributed by atoms with Crippen LogP contribution in [0.2, 0.25) is 5.02 Å². The number of aromatic nitrogens is 2. The normalized spacial score (nSPS) is 18.8. The molecule has 2 saturated carbocycles. The Balaban J connectivity index is 1.39. The highest BCUT2D eigenvalue weighted by Crippen LogP contribution is 2.56. The molecule has 0 unspecified atom stereocenters. The van der Waals surface area contributed by atoms with E-state index in [-0.39, 0.29) is 5.91 Å². The van der Waals surface area contributed by atoms with Crippen LogP contribution < -0.4 is 14.4 Å². The lowest BCUT2D eigenvalue weighted by molar-refractivity contribution is -0.125. The summed E-state index contributed by atoms with van der Waals surface area (Å²) in [6.45, 7) is 4.66. The van der Waals surface area contributed by atoms with Crippen LogP contribution in [0.4, 0.5) is 17.2 Å². The third kappa shape index (κ3) is 3.46. The lowest BCUT2D eigenvalue weighted by Crippen LogP contribution is -2.43. The van der Waals surface area contributed by atoms with Crippen molar-refractivity contribution in [3.8, 4) is 5.88 Å². The van der Waals surface area contributed by atoms with E-state index in [1.54, 1.807) is 29.1 Å². The third-order valence-corrected chi connectivity index (χ3v) is 8.00. The standard InChI is InChI=1S/C24H25ClN4O3S/c1-13(2)12-31-22-18(25)8-14(11-26-22)29-19-10-20-16(21(27-32-20)28-33-15-4-5-15)9-17(19)24(23(29)30)6-3-7-24/h8-11,13,15H,3-7,12H2,1-2H3,(H,27,28). The van der Waals surface area contributed by atoms with Crippen LogP contribution in [0, 0.1) is 5.92 Å². The topological polar surface area (TPSA) is 80.5 Å². The van der Waals surface area contributed by atoms with Gasteiger partial charge in [0.05, 0.1) is 35.0 Å². The minimum atomic E-state index is -0.499. The molecule has 1 spiro atoms. The number of halogens is 1. The van der Waals surface area contributed by atoms with Crippen LogP contribution in [0.15, 0.2) is 28.9 Å². The highest BCUT2D eigenvalue weighted by molar-refractivity contribution is 8.01. The van der Waals surface area contributed by atoms with Gasteiger partial charge in [0.2, 0.25) is 11.8 Å². The van der Waals surface area contributed by atoms with Crippen LogP contribution in [0.5, 0.6) is 5.88 Å². The number of carbonyl (C=O) groups is 1. The fourth-order valence-corrected chi connectivity index (χ4v) is 5.55. The maximum absolute atomic E-state index is 13.7. The van der Waals surface area contributed by atoms with E-state index in [0.717, 1.165) is 41.7 Å². The molecule has 3 aromatic rings. The van der Waals surface area contributed by atoms with Crippen LogP contribution in [-0.4, -0.2) is 27.9 Å². The van der Waals surface area contributed by atoms with Gasteiger partial charge in [0, 0.05) is 11.3 Å². The van der Waals surface area contributed by atoms with E-state index in [1.165, 1.54) is 12.8 Å². The zero-order valence-corrected chi connectivity index (χ0v) is 20.1. The lowest BCUT2D eigenvalue weighted by atomic mass is 9.65. The van der Waals surface area contributed by atoms with Gasteiger partial charge in [-0.25, -0.2) is 4.98 Å². The summed E-state index contributed by atoms with van der Waals surface area (Å²) in [5.74, 6) is 1.54. The first-order chi connectivity index (χ1) is 16.0. The zero-order chi connectivity index (χ0) is 22.7. The Labute approximate surface area is 201 Å². The van der Waals surface area contributed by atoms with E-state index in [0.29, 0.717) is 39.9 Å². The predicted octanol–water partition coefficient (Wildman–Crippen LogP) is 6.23. The SMILES string of the molecule is CC(C)COc1ncc(N2C(=O)C3(CCC3)c3cc4c(NSC5CC5)noc4cc32)cc1Cl. The molecule has 0 radical (unpaired) electrons. The van der Waals surface area contributed by atoms with Gasteiger partial charge in [0.15, 0.2) is 11.4 Å².